The number of Topliss-reactive ketones (excluding diaryl/α,β-unsaturated/α-hetero) is 1. The molecule has 12 atom stereocenters. The molecule has 1 amide bonds. The van der Waals surface area contributed by atoms with E-state index in [1.54, 1.807) is 62.3 Å². The Balaban J connectivity index is 0.000000142. The van der Waals surface area contributed by atoms with E-state index in [9.17, 15) is 67.4 Å². The summed E-state index contributed by atoms with van der Waals surface area (Å²) in [5.41, 5.74) is -2.02. The van der Waals surface area contributed by atoms with Crippen LogP contribution >= 0.6 is 0 Å². The summed E-state index contributed by atoms with van der Waals surface area (Å²) < 4.78 is 37.8. The van der Waals surface area contributed by atoms with Gasteiger partial charge in [-0.3, -0.25) is 62.3 Å². The molecule has 25 nitrogen and oxygen atoms in total. The predicted octanol–water partition coefficient (Wildman–Crippen LogP) is 13.9. The zero-order chi connectivity index (χ0) is 83.7. The van der Waals surface area contributed by atoms with Crippen molar-refractivity contribution in [3.63, 3.8) is 0 Å². The second-order valence-corrected chi connectivity index (χ2v) is 40.3. The van der Waals surface area contributed by atoms with Crippen molar-refractivity contribution in [3.8, 4) is 0 Å². The lowest BCUT2D eigenvalue weighted by molar-refractivity contribution is -0.213. The number of carbonyl (C=O) groups excluding carboxylic acids is 9. The Kier molecular flexibility index (Phi) is 28.3. The molecule has 0 aromatic heterocycles. The number of hydrogen-bond acceptors (Lipinski definition) is 20. The van der Waals surface area contributed by atoms with E-state index in [4.69, 9.17) is 48.5 Å². The summed E-state index contributed by atoms with van der Waals surface area (Å²) in [5, 5.41) is 40.0. The lowest BCUT2D eigenvalue weighted by atomic mass is 9.48. The number of ether oxygens (including phenoxy) is 7. The molecule has 20 saturated carbocycles. The van der Waals surface area contributed by atoms with Gasteiger partial charge in [0.2, 0.25) is 5.91 Å². The largest absolute Gasteiger partial charge is 0.481 e. The standard InChI is InChI=1S/C21H30O7.2C18H28O4.C17H24O6.C16H25NO3/c1-12(19(24)25)13(2)20(26)28-4-3-27-18(23)8-17(22)21-9-14-5-15(10-21)7-16(6-14)11-21;1-4-21-16(19)11(2)12(3)17(20)22-18-8-13-5-14(9-18)7-15(6-13)10-18;1-4-21-17(19)10(2)11(3)18(20)22-16-14-6-12-5-13(8-14)9-15(16)7-12;1-9(13(18)19)10(2)14(20)23-17-6-11-3-12(7-17)5-16(4-11,8-17)15(21)22;1-9(10(2)15(19)20)14(18)17-16-6-11-3-12(7-16)5-13(4-11)8-16/h12-16H,3-11H2,1-2H3,(H,24,25);11-15H,4-10H2,1-3H3;10-16H,4-9H2,1-3H3;9-12H,3-8H2,1-2H3,(H,18,19)(H,21,22);9-13H,3-8H2,1-2H3,(H,17,18)(H,19,20). The summed E-state index contributed by atoms with van der Waals surface area (Å²) in [6.07, 6.45) is 31.3. The number of esters is 7. The lowest BCUT2D eigenvalue weighted by Crippen LogP contribution is -2.61. The van der Waals surface area contributed by atoms with Crippen molar-refractivity contribution in [1.29, 1.82) is 0 Å². The first-order chi connectivity index (χ1) is 54.2. The van der Waals surface area contributed by atoms with Crippen LogP contribution in [0.5, 0.6) is 0 Å². The van der Waals surface area contributed by atoms with Crippen LogP contribution in [0.15, 0.2) is 0 Å². The average Bonchev–Trinajstić information content (AvgIpc) is 0.719. The number of aliphatic carboxylic acids is 4. The second-order valence-electron chi connectivity index (χ2n) is 40.3. The van der Waals surface area contributed by atoms with Crippen LogP contribution in [0.3, 0.4) is 0 Å². The van der Waals surface area contributed by atoms with Crippen molar-refractivity contribution in [1.82, 2.24) is 5.32 Å². The van der Waals surface area contributed by atoms with Gasteiger partial charge in [0.25, 0.3) is 0 Å². The van der Waals surface area contributed by atoms with E-state index in [1.807, 2.05) is 0 Å². The molecule has 25 heteroatoms. The van der Waals surface area contributed by atoms with E-state index in [-0.39, 0.29) is 77.9 Å². The van der Waals surface area contributed by atoms with Crippen LogP contribution in [-0.4, -0.2) is 147 Å². The van der Waals surface area contributed by atoms with Crippen LogP contribution in [0.4, 0.5) is 0 Å². The van der Waals surface area contributed by atoms with E-state index in [0.29, 0.717) is 73.9 Å². The van der Waals surface area contributed by atoms with Crippen LogP contribution in [0, 0.1) is 159 Å². The Morgan fingerprint density at radius 2 is 0.643 bits per heavy atom. The molecule has 0 aromatic rings. The minimum Gasteiger partial charge on any atom is -0.481 e. The Morgan fingerprint density at radius 3 is 1.05 bits per heavy atom. The summed E-state index contributed by atoms with van der Waals surface area (Å²) in [6.45, 7) is 20.4. The molecule has 0 heterocycles. The highest BCUT2D eigenvalue weighted by molar-refractivity contribution is 5.99. The van der Waals surface area contributed by atoms with Crippen molar-refractivity contribution in [2.75, 3.05) is 26.4 Å². The highest BCUT2D eigenvalue weighted by Gasteiger charge is 2.64. The number of carboxylic acid groups (broad SMARTS) is 4. The fraction of sp³-hybridized carbons (Fsp3) is 0.856. The monoisotopic (exact) mass is 1610 g/mol. The van der Waals surface area contributed by atoms with Gasteiger partial charge in [0.15, 0.2) is 0 Å². The van der Waals surface area contributed by atoms with Crippen molar-refractivity contribution >= 4 is 77.4 Å². The van der Waals surface area contributed by atoms with Crippen LogP contribution < -0.4 is 5.32 Å². The minimum absolute atomic E-state index is 0.0116. The molecule has 0 aliphatic heterocycles. The summed E-state index contributed by atoms with van der Waals surface area (Å²) in [5.74, 6) is -2.67. The normalized spacial score (nSPS) is 37.8. The number of carboxylic acids is 4. The van der Waals surface area contributed by atoms with Crippen LogP contribution in [0.2, 0.25) is 0 Å². The van der Waals surface area contributed by atoms with E-state index >= 15 is 0 Å². The molecular formula is C90H135NO24. The van der Waals surface area contributed by atoms with Gasteiger partial charge in [-0.05, 0) is 282 Å². The molecule has 0 radical (unpaired) electrons. The van der Waals surface area contributed by atoms with Gasteiger partial charge in [-0.15, -0.1) is 0 Å². The quantitative estimate of drug-likeness (QED) is 0.0210. The highest BCUT2D eigenvalue weighted by atomic mass is 16.6. The van der Waals surface area contributed by atoms with Gasteiger partial charge in [0.1, 0.15) is 42.7 Å². The van der Waals surface area contributed by atoms with Gasteiger partial charge in [0.05, 0.1) is 71.9 Å². The number of hydrogen-bond donors (Lipinski definition) is 5. The first-order valence-electron chi connectivity index (χ1n) is 44.2. The third kappa shape index (κ3) is 20.6. The average molecular weight is 1620 g/mol. The van der Waals surface area contributed by atoms with Gasteiger partial charge in [-0.1, -0.05) is 69.2 Å². The van der Waals surface area contributed by atoms with Crippen molar-refractivity contribution in [2.24, 2.45) is 159 Å². The van der Waals surface area contributed by atoms with E-state index in [0.717, 1.165) is 124 Å². The van der Waals surface area contributed by atoms with Gasteiger partial charge >= 0.3 is 65.7 Å². The maximum atomic E-state index is 12.8. The number of amides is 1. The van der Waals surface area contributed by atoms with E-state index in [2.05, 4.69) is 5.32 Å². The first-order valence-corrected chi connectivity index (χ1v) is 44.2. The molecule has 12 unspecified atom stereocenters. The topological polar surface area (TPSA) is 379 Å². The molecule has 0 saturated heterocycles. The summed E-state index contributed by atoms with van der Waals surface area (Å²) in [6, 6.07) is 0. The van der Waals surface area contributed by atoms with Gasteiger partial charge in [0, 0.05) is 23.3 Å². The zero-order valence-corrected chi connectivity index (χ0v) is 70.5. The fourth-order valence-electron chi connectivity index (χ4n) is 26.2. The first kappa shape index (κ1) is 89.1. The maximum Gasteiger partial charge on any atom is 0.313 e. The maximum absolute atomic E-state index is 12.8. The Labute approximate surface area is 679 Å². The predicted molar refractivity (Wildman–Crippen MR) is 416 cm³/mol. The van der Waals surface area contributed by atoms with Crippen molar-refractivity contribution < 1.29 is 116 Å². The molecule has 5 N–H and O–H groups in total. The molecule has 0 spiro atoms. The van der Waals surface area contributed by atoms with Gasteiger partial charge < -0.3 is 58.9 Å². The molecule has 20 rings (SSSR count). The molecule has 20 bridgehead atoms. The van der Waals surface area contributed by atoms with Crippen molar-refractivity contribution in [2.45, 2.75) is 299 Å². The number of carbonyl (C=O) groups is 13. The van der Waals surface area contributed by atoms with Crippen LogP contribution in [0.25, 0.3) is 0 Å². The zero-order valence-electron chi connectivity index (χ0n) is 70.5. The summed E-state index contributed by atoms with van der Waals surface area (Å²) in [7, 11) is 0. The summed E-state index contributed by atoms with van der Waals surface area (Å²) in [4.78, 5) is 155. The van der Waals surface area contributed by atoms with Gasteiger partial charge in [-0.25, -0.2) is 0 Å². The molecule has 20 fully saturated rings. The molecule has 20 aliphatic rings. The molecular weight excluding hydrogens is 1480 g/mol. The minimum atomic E-state index is -1.07. The van der Waals surface area contributed by atoms with Crippen LogP contribution in [0.1, 0.15) is 276 Å². The van der Waals surface area contributed by atoms with Crippen molar-refractivity contribution in [3.05, 3.63) is 0 Å². The Hall–Kier alpha value is -6.69. The second kappa shape index (κ2) is 36.5. The highest BCUT2D eigenvalue weighted by Crippen LogP contribution is 2.65. The fourth-order valence-corrected chi connectivity index (χ4v) is 26.2. The third-order valence-corrected chi connectivity index (χ3v) is 31.6. The SMILES string of the molecule is CC(C(=O)O)C(C)C(=O)NC12CC3CC(CC(C3)C1)C2.CC(C(=O)O)C(C)C(=O)OC12CC3CC(C1)CC(C(=O)O)(C3)C2.CC(C(=O)O)C(C)C(=O)OCCOC(=O)CC(=O)C12CC3CC(CC(C3)C1)C2.CCOC(=O)C(C)C(C)C(=O)OC12CC3CC(CC(C3)C1)C2.CCOC(=O)C(C)C(C)C(=O)OC1C2CC3CC(C2)CC1C3. The smallest absolute Gasteiger partial charge is 0.313 e. The molecule has 115 heavy (non-hydrogen) atoms. The Morgan fingerprint density at radius 1 is 0.330 bits per heavy atom. The van der Waals surface area contributed by atoms with E-state index in [1.165, 1.54) is 111 Å². The number of ketones is 1. The van der Waals surface area contributed by atoms with E-state index < -0.39 is 112 Å². The third-order valence-electron chi connectivity index (χ3n) is 31.6. The molecule has 644 valence electrons. The number of rotatable bonds is 28. The number of nitrogens with one attached hydrogen (secondary N) is 1. The lowest BCUT2D eigenvalue weighted by Gasteiger charge is -2.59. The molecule has 20 aliphatic carbocycles. The summed E-state index contributed by atoms with van der Waals surface area (Å²) >= 11 is 0. The molecule has 0 aromatic carbocycles. The Bertz CT molecular complexity index is 3450. The van der Waals surface area contributed by atoms with Crippen LogP contribution in [-0.2, 0) is 95.5 Å². The van der Waals surface area contributed by atoms with Gasteiger partial charge in [-0.2, -0.15) is 0 Å².